The minimum absolute atomic E-state index is 0.275. The van der Waals surface area contributed by atoms with Crippen LogP contribution in [-0.4, -0.2) is 64.5 Å². The third-order valence-electron chi connectivity index (χ3n) is 4.64. The third-order valence-corrected chi connectivity index (χ3v) is 4.64. The molecule has 4 atom stereocenters. The van der Waals surface area contributed by atoms with Crippen molar-refractivity contribution in [1.82, 2.24) is 24.7 Å². The van der Waals surface area contributed by atoms with Crippen molar-refractivity contribution in [2.75, 3.05) is 12.3 Å². The lowest BCUT2D eigenvalue weighted by molar-refractivity contribution is -0.0948. The summed E-state index contributed by atoms with van der Waals surface area (Å²) in [6.45, 7) is 1.03. The largest absolute Gasteiger partial charge is 0.394 e. The summed E-state index contributed by atoms with van der Waals surface area (Å²) in [5.41, 5.74) is 6.32. The SMILES string of the molecule is C[C@]1(O)C(n2cc(-c3cn[nH]c3)c3c(N)ncnc32)OC(CO)[C@H]1O. The first-order valence-corrected chi connectivity index (χ1v) is 7.72. The number of ether oxygens (including phenoxy) is 1. The van der Waals surface area contributed by atoms with E-state index in [9.17, 15) is 15.3 Å². The van der Waals surface area contributed by atoms with Crippen molar-refractivity contribution >= 4 is 16.9 Å². The summed E-state index contributed by atoms with van der Waals surface area (Å²) in [6, 6.07) is 0. The lowest BCUT2D eigenvalue weighted by atomic mass is 9.96. The average molecular weight is 346 g/mol. The smallest absolute Gasteiger partial charge is 0.167 e. The molecule has 1 saturated heterocycles. The highest BCUT2D eigenvalue weighted by Gasteiger charge is 2.53. The zero-order valence-corrected chi connectivity index (χ0v) is 13.4. The van der Waals surface area contributed by atoms with E-state index >= 15 is 0 Å². The van der Waals surface area contributed by atoms with Gasteiger partial charge in [-0.2, -0.15) is 5.10 Å². The monoisotopic (exact) mass is 346 g/mol. The van der Waals surface area contributed by atoms with E-state index in [0.29, 0.717) is 16.6 Å². The molecule has 3 aromatic rings. The van der Waals surface area contributed by atoms with Gasteiger partial charge < -0.3 is 30.4 Å². The van der Waals surface area contributed by atoms with Gasteiger partial charge in [-0.1, -0.05) is 0 Å². The Morgan fingerprint density at radius 1 is 1.44 bits per heavy atom. The van der Waals surface area contributed by atoms with Gasteiger partial charge in [0.25, 0.3) is 0 Å². The van der Waals surface area contributed by atoms with Crippen molar-refractivity contribution < 1.29 is 20.1 Å². The van der Waals surface area contributed by atoms with Crippen molar-refractivity contribution in [2.24, 2.45) is 0 Å². The first kappa shape index (κ1) is 16.0. The Morgan fingerprint density at radius 2 is 2.24 bits per heavy atom. The van der Waals surface area contributed by atoms with Gasteiger partial charge in [-0.15, -0.1) is 0 Å². The van der Waals surface area contributed by atoms with Crippen LogP contribution in [0.4, 0.5) is 5.82 Å². The van der Waals surface area contributed by atoms with Gasteiger partial charge in [0.05, 0.1) is 18.2 Å². The van der Waals surface area contributed by atoms with E-state index in [1.807, 2.05) is 0 Å². The number of anilines is 1. The van der Waals surface area contributed by atoms with Gasteiger partial charge in [-0.05, 0) is 6.92 Å². The van der Waals surface area contributed by atoms with Crippen LogP contribution in [0.5, 0.6) is 0 Å². The highest BCUT2D eigenvalue weighted by Crippen LogP contribution is 2.42. The fourth-order valence-corrected chi connectivity index (χ4v) is 3.29. The van der Waals surface area contributed by atoms with E-state index in [4.69, 9.17) is 10.5 Å². The molecule has 1 aliphatic heterocycles. The van der Waals surface area contributed by atoms with Crippen LogP contribution in [0.3, 0.4) is 0 Å². The number of hydrogen-bond donors (Lipinski definition) is 5. The Kier molecular flexibility index (Phi) is 3.51. The second-order valence-corrected chi connectivity index (χ2v) is 6.27. The zero-order valence-electron chi connectivity index (χ0n) is 13.4. The number of nitrogens with zero attached hydrogens (tertiary/aromatic N) is 4. The first-order valence-electron chi connectivity index (χ1n) is 7.72. The molecule has 25 heavy (non-hydrogen) atoms. The molecule has 132 valence electrons. The average Bonchev–Trinajstić information content (AvgIpc) is 3.27. The highest BCUT2D eigenvalue weighted by molar-refractivity contribution is 6.00. The Morgan fingerprint density at radius 3 is 2.88 bits per heavy atom. The van der Waals surface area contributed by atoms with Crippen LogP contribution >= 0.6 is 0 Å². The van der Waals surface area contributed by atoms with Gasteiger partial charge in [0, 0.05) is 23.5 Å². The van der Waals surface area contributed by atoms with E-state index in [-0.39, 0.29) is 5.82 Å². The molecular formula is C15H18N6O4. The summed E-state index contributed by atoms with van der Waals surface area (Å²) in [7, 11) is 0. The standard InChI is InChI=1S/C15H18N6O4/c1-15(24)11(23)9(5-22)25-14(15)21-4-8(7-2-19-20-3-7)10-12(16)17-6-18-13(10)21/h2-4,6,9,11,14,22-24H,5H2,1H3,(H,19,20)(H2,16,17,18)/t9?,11-,14?,15-/m1/s1. The number of rotatable bonds is 3. The fourth-order valence-electron chi connectivity index (χ4n) is 3.29. The lowest BCUT2D eigenvalue weighted by Gasteiger charge is -2.27. The maximum Gasteiger partial charge on any atom is 0.167 e. The van der Waals surface area contributed by atoms with Crippen LogP contribution in [0.15, 0.2) is 24.9 Å². The number of aliphatic hydroxyl groups is 3. The van der Waals surface area contributed by atoms with Crippen LogP contribution in [0.25, 0.3) is 22.2 Å². The molecule has 4 rings (SSSR count). The van der Waals surface area contributed by atoms with E-state index in [2.05, 4.69) is 20.2 Å². The minimum atomic E-state index is -1.63. The number of nitrogen functional groups attached to an aromatic ring is 1. The van der Waals surface area contributed by atoms with Crippen molar-refractivity contribution in [1.29, 1.82) is 0 Å². The summed E-state index contributed by atoms with van der Waals surface area (Å²) in [6.07, 6.45) is 3.24. The first-order chi connectivity index (χ1) is 11.9. The van der Waals surface area contributed by atoms with Crippen LogP contribution in [-0.2, 0) is 4.74 Å². The molecule has 0 spiro atoms. The second kappa shape index (κ2) is 5.49. The van der Waals surface area contributed by atoms with E-state index in [0.717, 1.165) is 5.56 Å². The highest BCUT2D eigenvalue weighted by atomic mass is 16.6. The molecule has 3 aromatic heterocycles. The van der Waals surface area contributed by atoms with Gasteiger partial charge in [0.2, 0.25) is 0 Å². The number of hydrogen-bond acceptors (Lipinski definition) is 8. The molecule has 1 fully saturated rings. The number of aliphatic hydroxyl groups excluding tert-OH is 2. The Hall–Kier alpha value is -2.53. The summed E-state index contributed by atoms with van der Waals surface area (Å²) < 4.78 is 7.28. The summed E-state index contributed by atoms with van der Waals surface area (Å²) in [5, 5.41) is 37.6. The van der Waals surface area contributed by atoms with Gasteiger partial charge in [0.1, 0.15) is 35.6 Å². The molecule has 0 bridgehead atoms. The zero-order chi connectivity index (χ0) is 17.8. The summed E-state index contributed by atoms with van der Waals surface area (Å²) >= 11 is 0. The number of aromatic amines is 1. The van der Waals surface area contributed by atoms with Crippen LogP contribution in [0, 0.1) is 0 Å². The van der Waals surface area contributed by atoms with Crippen molar-refractivity contribution in [3.05, 3.63) is 24.9 Å². The Balaban J connectivity index is 1.93. The number of aromatic nitrogens is 5. The number of nitrogens with two attached hydrogens (primary N) is 1. The Bertz CT molecular complexity index is 906. The number of fused-ring (bicyclic) bond motifs is 1. The van der Waals surface area contributed by atoms with E-state index in [1.54, 1.807) is 23.2 Å². The third kappa shape index (κ3) is 2.23. The molecule has 0 amide bonds. The molecule has 0 saturated carbocycles. The lowest BCUT2D eigenvalue weighted by Crippen LogP contribution is -2.44. The molecule has 10 nitrogen and oxygen atoms in total. The van der Waals surface area contributed by atoms with Crippen molar-refractivity contribution in [3.63, 3.8) is 0 Å². The van der Waals surface area contributed by atoms with Crippen LogP contribution < -0.4 is 5.73 Å². The van der Waals surface area contributed by atoms with Gasteiger partial charge >= 0.3 is 0 Å². The molecular weight excluding hydrogens is 328 g/mol. The predicted octanol–water partition coefficient (Wildman–Crippen LogP) is -0.595. The number of H-pyrrole nitrogens is 1. The quantitative estimate of drug-likeness (QED) is 0.421. The van der Waals surface area contributed by atoms with Crippen molar-refractivity contribution in [3.8, 4) is 11.1 Å². The second-order valence-electron chi connectivity index (χ2n) is 6.27. The summed E-state index contributed by atoms with van der Waals surface area (Å²) in [5.74, 6) is 0.275. The molecule has 0 radical (unpaired) electrons. The summed E-state index contributed by atoms with van der Waals surface area (Å²) in [4.78, 5) is 8.29. The van der Waals surface area contributed by atoms with Crippen LogP contribution in [0.1, 0.15) is 13.2 Å². The molecule has 4 heterocycles. The predicted molar refractivity (Wildman–Crippen MR) is 87.1 cm³/mol. The van der Waals surface area contributed by atoms with Crippen molar-refractivity contribution in [2.45, 2.75) is 31.0 Å². The number of nitrogens with one attached hydrogen (secondary N) is 1. The molecule has 1 aliphatic rings. The van der Waals surface area contributed by atoms with Crippen LogP contribution in [0.2, 0.25) is 0 Å². The molecule has 0 aliphatic carbocycles. The molecule has 10 heteroatoms. The normalized spacial score (nSPS) is 29.5. The topological polar surface area (TPSA) is 155 Å². The maximum absolute atomic E-state index is 10.7. The Labute approximate surface area is 141 Å². The fraction of sp³-hybridized carbons (Fsp3) is 0.400. The van der Waals surface area contributed by atoms with Gasteiger partial charge in [-0.25, -0.2) is 9.97 Å². The van der Waals surface area contributed by atoms with Gasteiger partial charge in [-0.3, -0.25) is 5.10 Å². The minimum Gasteiger partial charge on any atom is -0.394 e. The van der Waals surface area contributed by atoms with E-state index in [1.165, 1.54) is 13.3 Å². The van der Waals surface area contributed by atoms with E-state index < -0.39 is 30.6 Å². The molecule has 6 N–H and O–H groups in total. The molecule has 2 unspecified atom stereocenters. The maximum atomic E-state index is 10.7. The van der Waals surface area contributed by atoms with Gasteiger partial charge in [0.15, 0.2) is 6.23 Å². The molecule has 0 aromatic carbocycles.